The molecule has 0 aliphatic rings. The summed E-state index contributed by atoms with van der Waals surface area (Å²) in [5.41, 5.74) is -0.307. The SMILES string of the molecule is C=C/C(=C\C(O)=C/C)[C@](O)(CC)[C@H](C)CN(C)C. The Kier molecular flexibility index (Phi) is 6.96. The van der Waals surface area contributed by atoms with Gasteiger partial charge in [0.05, 0.1) is 5.60 Å². The highest BCUT2D eigenvalue weighted by Crippen LogP contribution is 2.31. The zero-order valence-corrected chi connectivity index (χ0v) is 12.3. The van der Waals surface area contributed by atoms with Crippen molar-refractivity contribution in [2.24, 2.45) is 5.92 Å². The van der Waals surface area contributed by atoms with Crippen LogP contribution < -0.4 is 0 Å². The van der Waals surface area contributed by atoms with Crippen molar-refractivity contribution in [2.75, 3.05) is 20.6 Å². The molecule has 2 N–H and O–H groups in total. The summed E-state index contributed by atoms with van der Waals surface area (Å²) >= 11 is 0. The Hall–Kier alpha value is -1.06. The van der Waals surface area contributed by atoms with Gasteiger partial charge in [0.25, 0.3) is 0 Å². The number of allylic oxidation sites excluding steroid dienone is 2. The summed E-state index contributed by atoms with van der Waals surface area (Å²) in [6, 6.07) is 0. The molecule has 3 nitrogen and oxygen atoms in total. The molecule has 0 rings (SSSR count). The Morgan fingerprint density at radius 1 is 1.44 bits per heavy atom. The second-order valence-electron chi connectivity index (χ2n) is 4.96. The number of rotatable bonds is 7. The average Bonchev–Trinajstić information content (AvgIpc) is 2.33. The molecule has 18 heavy (non-hydrogen) atoms. The maximum atomic E-state index is 10.8. The Morgan fingerprint density at radius 3 is 2.33 bits per heavy atom. The number of aliphatic hydroxyl groups is 2. The van der Waals surface area contributed by atoms with E-state index in [4.69, 9.17) is 0 Å². The van der Waals surface area contributed by atoms with Crippen molar-refractivity contribution in [1.82, 2.24) is 4.90 Å². The van der Waals surface area contributed by atoms with E-state index in [-0.39, 0.29) is 11.7 Å². The zero-order chi connectivity index (χ0) is 14.3. The standard InChI is InChI=1S/C15H27NO2/c1-7-13(10-14(17)8-2)15(18,9-3)12(4)11-16(5)6/h7-8,10,12,17-18H,1,9,11H2,2-6H3/b13-10+,14-8+/t12-,15+/m1/s1. The van der Waals surface area contributed by atoms with Gasteiger partial charge in [-0.2, -0.15) is 0 Å². The van der Waals surface area contributed by atoms with Gasteiger partial charge in [0.1, 0.15) is 5.76 Å². The smallest absolute Gasteiger partial charge is 0.111 e. The normalized spacial score (nSPS) is 18.6. The lowest BCUT2D eigenvalue weighted by molar-refractivity contribution is 0.0132. The van der Waals surface area contributed by atoms with Gasteiger partial charge in [-0.3, -0.25) is 0 Å². The molecule has 0 aliphatic carbocycles. The van der Waals surface area contributed by atoms with E-state index in [0.29, 0.717) is 12.0 Å². The molecule has 0 heterocycles. The van der Waals surface area contributed by atoms with Crippen LogP contribution in [0.15, 0.2) is 36.1 Å². The molecule has 0 unspecified atom stereocenters. The van der Waals surface area contributed by atoms with Crippen molar-refractivity contribution >= 4 is 0 Å². The lowest BCUT2D eigenvalue weighted by atomic mass is 9.79. The summed E-state index contributed by atoms with van der Waals surface area (Å²) in [6.07, 6.45) is 5.38. The van der Waals surface area contributed by atoms with Crippen LogP contribution in [0.25, 0.3) is 0 Å². The molecule has 0 saturated carbocycles. The van der Waals surface area contributed by atoms with Crippen LogP contribution in [-0.4, -0.2) is 41.4 Å². The predicted octanol–water partition coefficient (Wildman–Crippen LogP) is 2.90. The molecule has 0 saturated heterocycles. The molecule has 2 atom stereocenters. The van der Waals surface area contributed by atoms with Gasteiger partial charge < -0.3 is 15.1 Å². The lowest BCUT2D eigenvalue weighted by Gasteiger charge is -2.36. The van der Waals surface area contributed by atoms with E-state index in [1.807, 2.05) is 32.8 Å². The minimum absolute atomic E-state index is 0.0476. The number of aliphatic hydroxyl groups excluding tert-OH is 1. The zero-order valence-electron chi connectivity index (χ0n) is 12.3. The number of hydrogen-bond donors (Lipinski definition) is 2. The minimum Gasteiger partial charge on any atom is -0.508 e. The molecule has 0 aliphatic heterocycles. The summed E-state index contributed by atoms with van der Waals surface area (Å²) < 4.78 is 0. The Balaban J connectivity index is 5.34. The fourth-order valence-corrected chi connectivity index (χ4v) is 2.14. The third kappa shape index (κ3) is 4.31. The average molecular weight is 253 g/mol. The molecule has 3 heteroatoms. The second kappa shape index (κ2) is 7.39. The van der Waals surface area contributed by atoms with Crippen LogP contribution in [0.2, 0.25) is 0 Å². The monoisotopic (exact) mass is 253 g/mol. The Bertz CT molecular complexity index is 331. The molecule has 0 spiro atoms. The van der Waals surface area contributed by atoms with Gasteiger partial charge in [-0.25, -0.2) is 0 Å². The molecule has 104 valence electrons. The number of nitrogens with zero attached hydrogens (tertiary/aromatic N) is 1. The fourth-order valence-electron chi connectivity index (χ4n) is 2.14. The Labute approximate surface area is 111 Å². The Morgan fingerprint density at radius 2 is 2.00 bits per heavy atom. The molecular weight excluding hydrogens is 226 g/mol. The first-order valence-corrected chi connectivity index (χ1v) is 6.38. The maximum Gasteiger partial charge on any atom is 0.111 e. The van der Waals surface area contributed by atoms with Gasteiger partial charge in [-0.15, -0.1) is 0 Å². The van der Waals surface area contributed by atoms with Crippen LogP contribution in [0, 0.1) is 5.92 Å². The molecule has 0 aromatic rings. The highest BCUT2D eigenvalue weighted by Gasteiger charge is 2.34. The van der Waals surface area contributed by atoms with Crippen molar-refractivity contribution in [3.8, 4) is 0 Å². The largest absolute Gasteiger partial charge is 0.508 e. The van der Waals surface area contributed by atoms with E-state index < -0.39 is 5.60 Å². The summed E-state index contributed by atoms with van der Waals surface area (Å²) in [7, 11) is 3.96. The van der Waals surface area contributed by atoms with E-state index in [0.717, 1.165) is 6.54 Å². The molecular formula is C15H27NO2. The van der Waals surface area contributed by atoms with Gasteiger partial charge in [-0.05, 0) is 45.2 Å². The third-order valence-electron chi connectivity index (χ3n) is 3.31. The molecule has 0 radical (unpaired) electrons. The van der Waals surface area contributed by atoms with Crippen LogP contribution in [0.5, 0.6) is 0 Å². The van der Waals surface area contributed by atoms with Crippen LogP contribution in [-0.2, 0) is 0 Å². The molecule has 0 fully saturated rings. The van der Waals surface area contributed by atoms with E-state index in [9.17, 15) is 10.2 Å². The minimum atomic E-state index is -0.969. The highest BCUT2D eigenvalue weighted by molar-refractivity contribution is 5.33. The molecule has 0 aromatic carbocycles. The maximum absolute atomic E-state index is 10.8. The van der Waals surface area contributed by atoms with Crippen LogP contribution in [0.3, 0.4) is 0 Å². The second-order valence-corrected chi connectivity index (χ2v) is 4.96. The van der Waals surface area contributed by atoms with Gasteiger partial charge >= 0.3 is 0 Å². The predicted molar refractivity (Wildman–Crippen MR) is 77.6 cm³/mol. The first kappa shape index (κ1) is 16.9. The van der Waals surface area contributed by atoms with Crippen LogP contribution in [0.4, 0.5) is 0 Å². The van der Waals surface area contributed by atoms with Crippen molar-refractivity contribution in [3.63, 3.8) is 0 Å². The van der Waals surface area contributed by atoms with Crippen molar-refractivity contribution in [1.29, 1.82) is 0 Å². The van der Waals surface area contributed by atoms with Crippen molar-refractivity contribution < 1.29 is 10.2 Å². The highest BCUT2D eigenvalue weighted by atomic mass is 16.3. The molecule has 0 aromatic heterocycles. The number of hydrogen-bond acceptors (Lipinski definition) is 3. The van der Waals surface area contributed by atoms with Gasteiger partial charge in [0, 0.05) is 12.5 Å². The third-order valence-corrected chi connectivity index (χ3v) is 3.31. The van der Waals surface area contributed by atoms with Gasteiger partial charge in [0.2, 0.25) is 0 Å². The molecule has 0 amide bonds. The first-order valence-electron chi connectivity index (χ1n) is 6.38. The van der Waals surface area contributed by atoms with E-state index in [1.54, 1.807) is 25.2 Å². The van der Waals surface area contributed by atoms with E-state index in [2.05, 4.69) is 6.58 Å². The van der Waals surface area contributed by atoms with Crippen molar-refractivity contribution in [2.45, 2.75) is 32.8 Å². The molecule has 0 bridgehead atoms. The van der Waals surface area contributed by atoms with E-state index in [1.165, 1.54) is 0 Å². The van der Waals surface area contributed by atoms with Crippen LogP contribution in [0.1, 0.15) is 27.2 Å². The fraction of sp³-hybridized carbons (Fsp3) is 0.600. The van der Waals surface area contributed by atoms with E-state index >= 15 is 0 Å². The van der Waals surface area contributed by atoms with Crippen molar-refractivity contribution in [3.05, 3.63) is 36.1 Å². The van der Waals surface area contributed by atoms with Gasteiger partial charge in [-0.1, -0.05) is 26.5 Å². The van der Waals surface area contributed by atoms with Crippen LogP contribution >= 0.6 is 0 Å². The lowest BCUT2D eigenvalue weighted by Crippen LogP contribution is -2.42. The van der Waals surface area contributed by atoms with Gasteiger partial charge in [0.15, 0.2) is 0 Å². The topological polar surface area (TPSA) is 43.7 Å². The summed E-state index contributed by atoms with van der Waals surface area (Å²) in [6.45, 7) is 10.2. The first-order chi connectivity index (χ1) is 8.31. The summed E-state index contributed by atoms with van der Waals surface area (Å²) in [4.78, 5) is 2.04. The summed E-state index contributed by atoms with van der Waals surface area (Å²) in [5.74, 6) is 0.195. The quantitative estimate of drug-likeness (QED) is 0.541. The summed E-state index contributed by atoms with van der Waals surface area (Å²) in [5, 5.41) is 20.4.